The molecule has 0 spiro atoms. The zero-order valence-corrected chi connectivity index (χ0v) is 13.7. The van der Waals surface area contributed by atoms with Gasteiger partial charge in [-0.2, -0.15) is 0 Å². The highest BCUT2D eigenvalue weighted by molar-refractivity contribution is 7.99. The molecule has 6 heteroatoms. The lowest BCUT2D eigenvalue weighted by molar-refractivity contribution is -0.127. The van der Waals surface area contributed by atoms with Gasteiger partial charge in [0, 0.05) is 25.0 Å². The Kier molecular flexibility index (Phi) is 5.49. The molecule has 0 radical (unpaired) electrons. The molecule has 1 aromatic carbocycles. The van der Waals surface area contributed by atoms with Crippen molar-refractivity contribution in [3.63, 3.8) is 0 Å². The topological polar surface area (TPSA) is 46.1 Å². The normalized spacial score (nSPS) is 10.5. The van der Waals surface area contributed by atoms with Crippen molar-refractivity contribution in [3.05, 3.63) is 53.1 Å². The van der Waals surface area contributed by atoms with Crippen molar-refractivity contribution in [1.82, 2.24) is 14.9 Å². The third-order valence-electron chi connectivity index (χ3n) is 3.02. The number of carbonyl (C=O) groups is 1. The Labute approximate surface area is 133 Å². The summed E-state index contributed by atoms with van der Waals surface area (Å²) in [4.78, 5) is 22.3. The van der Waals surface area contributed by atoms with Crippen molar-refractivity contribution in [2.45, 2.75) is 25.5 Å². The van der Waals surface area contributed by atoms with Crippen molar-refractivity contribution in [1.29, 1.82) is 0 Å². The number of halogens is 1. The summed E-state index contributed by atoms with van der Waals surface area (Å²) in [5.74, 6) is -0.0808. The molecule has 0 aliphatic carbocycles. The van der Waals surface area contributed by atoms with E-state index < -0.39 is 0 Å². The van der Waals surface area contributed by atoms with Crippen LogP contribution in [0.15, 0.2) is 35.5 Å². The molecular weight excluding hydrogens is 301 g/mol. The molecule has 22 heavy (non-hydrogen) atoms. The van der Waals surface area contributed by atoms with Crippen molar-refractivity contribution in [2.24, 2.45) is 0 Å². The summed E-state index contributed by atoms with van der Waals surface area (Å²) in [5, 5.41) is 0.602. The molecule has 4 nitrogen and oxygen atoms in total. The van der Waals surface area contributed by atoms with Crippen LogP contribution in [0.4, 0.5) is 4.39 Å². The molecule has 0 saturated carbocycles. The molecule has 0 aliphatic heterocycles. The summed E-state index contributed by atoms with van der Waals surface area (Å²) in [6.45, 7) is 4.18. The van der Waals surface area contributed by atoms with Gasteiger partial charge in [-0.05, 0) is 37.6 Å². The Bertz CT molecular complexity index is 658. The van der Waals surface area contributed by atoms with Crippen LogP contribution in [-0.4, -0.2) is 33.6 Å². The Balaban J connectivity index is 1.91. The van der Waals surface area contributed by atoms with Gasteiger partial charge >= 0.3 is 0 Å². The lowest BCUT2D eigenvalue weighted by Crippen LogP contribution is -2.27. The van der Waals surface area contributed by atoms with Crippen LogP contribution in [0.3, 0.4) is 0 Å². The molecule has 0 unspecified atom stereocenters. The standard InChI is InChI=1S/C16H18FN3OS/c1-11-7-12(2)19-16(18-11)22-10-15(21)20(3)9-13-5-4-6-14(17)8-13/h4-8H,9-10H2,1-3H3. The number of rotatable bonds is 5. The first-order valence-electron chi connectivity index (χ1n) is 6.87. The van der Waals surface area contributed by atoms with E-state index in [1.54, 1.807) is 24.1 Å². The highest BCUT2D eigenvalue weighted by atomic mass is 32.2. The van der Waals surface area contributed by atoms with Gasteiger partial charge in [0.2, 0.25) is 5.91 Å². The minimum absolute atomic E-state index is 0.0444. The van der Waals surface area contributed by atoms with Crippen LogP contribution in [0.1, 0.15) is 17.0 Å². The molecule has 0 N–H and O–H groups in total. The van der Waals surface area contributed by atoms with Gasteiger partial charge in [-0.15, -0.1) is 0 Å². The highest BCUT2D eigenvalue weighted by Crippen LogP contribution is 2.15. The predicted octanol–water partition coefficient (Wildman–Crippen LogP) is 2.98. The first-order chi connectivity index (χ1) is 10.4. The Morgan fingerprint density at radius 2 is 1.91 bits per heavy atom. The molecule has 1 amide bonds. The molecule has 0 bridgehead atoms. The maximum atomic E-state index is 13.1. The smallest absolute Gasteiger partial charge is 0.233 e. The zero-order chi connectivity index (χ0) is 16.1. The van der Waals surface area contributed by atoms with E-state index in [4.69, 9.17) is 0 Å². The first-order valence-corrected chi connectivity index (χ1v) is 7.86. The average molecular weight is 319 g/mol. The minimum Gasteiger partial charge on any atom is -0.341 e. The van der Waals surface area contributed by atoms with Gasteiger partial charge in [0.15, 0.2) is 5.16 Å². The second-order valence-corrected chi connectivity index (χ2v) is 6.04. The maximum absolute atomic E-state index is 13.1. The number of nitrogens with zero attached hydrogens (tertiary/aromatic N) is 3. The van der Waals surface area contributed by atoms with Crippen LogP contribution in [0.25, 0.3) is 0 Å². The van der Waals surface area contributed by atoms with Crippen molar-refractivity contribution in [2.75, 3.05) is 12.8 Å². The van der Waals surface area contributed by atoms with E-state index in [0.717, 1.165) is 17.0 Å². The summed E-state index contributed by atoms with van der Waals surface area (Å²) in [6.07, 6.45) is 0. The number of carbonyl (C=O) groups excluding carboxylic acids is 1. The monoisotopic (exact) mass is 319 g/mol. The van der Waals surface area contributed by atoms with Gasteiger partial charge in [0.25, 0.3) is 0 Å². The lowest BCUT2D eigenvalue weighted by Gasteiger charge is -2.17. The second kappa shape index (κ2) is 7.35. The molecule has 0 aliphatic rings. The Morgan fingerprint density at radius 1 is 1.23 bits per heavy atom. The molecule has 0 atom stereocenters. The molecule has 1 aromatic heterocycles. The fourth-order valence-corrected chi connectivity index (χ4v) is 2.88. The zero-order valence-electron chi connectivity index (χ0n) is 12.8. The van der Waals surface area contributed by atoms with Crippen molar-refractivity contribution >= 4 is 17.7 Å². The molecule has 1 heterocycles. The highest BCUT2D eigenvalue weighted by Gasteiger charge is 2.11. The summed E-state index contributed by atoms with van der Waals surface area (Å²) >= 11 is 1.31. The van der Waals surface area contributed by atoms with Gasteiger partial charge in [-0.1, -0.05) is 23.9 Å². The van der Waals surface area contributed by atoms with Crippen molar-refractivity contribution in [3.8, 4) is 0 Å². The lowest BCUT2D eigenvalue weighted by atomic mass is 10.2. The van der Waals surface area contributed by atoms with Crippen LogP contribution in [0.2, 0.25) is 0 Å². The van der Waals surface area contributed by atoms with E-state index in [0.29, 0.717) is 11.7 Å². The average Bonchev–Trinajstić information content (AvgIpc) is 2.43. The van der Waals surface area contributed by atoms with E-state index in [-0.39, 0.29) is 17.5 Å². The number of hydrogen-bond acceptors (Lipinski definition) is 4. The molecule has 0 fully saturated rings. The quantitative estimate of drug-likeness (QED) is 0.628. The number of aromatic nitrogens is 2. The van der Waals surface area contributed by atoms with Gasteiger partial charge in [0.05, 0.1) is 5.75 Å². The number of aryl methyl sites for hydroxylation is 2. The second-order valence-electron chi connectivity index (χ2n) is 5.10. The van der Waals surface area contributed by atoms with E-state index in [2.05, 4.69) is 9.97 Å². The molecule has 2 aromatic rings. The molecule has 2 rings (SSSR count). The minimum atomic E-state index is -0.295. The first kappa shape index (κ1) is 16.4. The fraction of sp³-hybridized carbons (Fsp3) is 0.312. The van der Waals surface area contributed by atoms with E-state index in [1.807, 2.05) is 19.9 Å². The third kappa shape index (κ3) is 4.80. The summed E-state index contributed by atoms with van der Waals surface area (Å²) in [5.41, 5.74) is 2.54. The molecule has 116 valence electrons. The van der Waals surface area contributed by atoms with Gasteiger partial charge in [-0.25, -0.2) is 14.4 Å². The number of amides is 1. The maximum Gasteiger partial charge on any atom is 0.233 e. The number of thioether (sulfide) groups is 1. The predicted molar refractivity (Wildman–Crippen MR) is 85.1 cm³/mol. The van der Waals surface area contributed by atoms with E-state index in [1.165, 1.54) is 23.9 Å². The summed E-state index contributed by atoms with van der Waals surface area (Å²) in [6, 6.07) is 8.15. The fourth-order valence-electron chi connectivity index (χ4n) is 1.99. The summed E-state index contributed by atoms with van der Waals surface area (Å²) < 4.78 is 13.1. The Morgan fingerprint density at radius 3 is 2.55 bits per heavy atom. The SMILES string of the molecule is Cc1cc(C)nc(SCC(=O)N(C)Cc2cccc(F)c2)n1. The van der Waals surface area contributed by atoms with Crippen LogP contribution >= 0.6 is 11.8 Å². The van der Waals surface area contributed by atoms with Crippen LogP contribution < -0.4 is 0 Å². The van der Waals surface area contributed by atoms with E-state index in [9.17, 15) is 9.18 Å². The number of benzene rings is 1. The molecular formula is C16H18FN3OS. The summed E-state index contributed by atoms with van der Waals surface area (Å²) in [7, 11) is 1.70. The van der Waals surface area contributed by atoms with Crippen LogP contribution in [-0.2, 0) is 11.3 Å². The van der Waals surface area contributed by atoms with E-state index >= 15 is 0 Å². The third-order valence-corrected chi connectivity index (χ3v) is 3.85. The van der Waals surface area contributed by atoms with Crippen molar-refractivity contribution < 1.29 is 9.18 Å². The number of hydrogen-bond donors (Lipinski definition) is 0. The Hall–Kier alpha value is -1.95. The molecule has 0 saturated heterocycles. The van der Waals surface area contributed by atoms with Gasteiger partial charge < -0.3 is 4.90 Å². The van der Waals surface area contributed by atoms with Crippen LogP contribution in [0.5, 0.6) is 0 Å². The van der Waals surface area contributed by atoms with Gasteiger partial charge in [0.1, 0.15) is 5.82 Å². The van der Waals surface area contributed by atoms with Crippen LogP contribution in [0, 0.1) is 19.7 Å². The van der Waals surface area contributed by atoms with Gasteiger partial charge in [-0.3, -0.25) is 4.79 Å². The largest absolute Gasteiger partial charge is 0.341 e.